The van der Waals surface area contributed by atoms with Gasteiger partial charge in [0, 0.05) is 56.0 Å². The number of rotatable bonds is 6. The lowest BCUT2D eigenvalue weighted by Crippen LogP contribution is -2.36. The number of nitrogens with zero attached hydrogens (tertiary/aromatic N) is 3. The summed E-state index contributed by atoms with van der Waals surface area (Å²) in [7, 11) is 0. The van der Waals surface area contributed by atoms with Gasteiger partial charge in [-0.15, -0.1) is 0 Å². The lowest BCUT2D eigenvalue weighted by Gasteiger charge is -2.22. The van der Waals surface area contributed by atoms with E-state index in [0.29, 0.717) is 19.6 Å². The number of carbonyl (C=O) groups is 3. The van der Waals surface area contributed by atoms with E-state index in [-0.39, 0.29) is 16.7 Å². The van der Waals surface area contributed by atoms with Crippen LogP contribution in [0.3, 0.4) is 0 Å². The van der Waals surface area contributed by atoms with Crippen LogP contribution in [0.2, 0.25) is 0 Å². The number of carboxylic acids is 3. The molecule has 1 fully saturated rings. The Morgan fingerprint density at radius 3 is 0.867 bits per heavy atom. The van der Waals surface area contributed by atoms with Crippen molar-refractivity contribution in [1.29, 1.82) is 0 Å². The van der Waals surface area contributed by atoms with E-state index in [1.165, 1.54) is 0 Å². The number of aromatic carboxylic acids is 3. The van der Waals surface area contributed by atoms with Gasteiger partial charge in [0.15, 0.2) is 0 Å². The van der Waals surface area contributed by atoms with Crippen LogP contribution in [0, 0.1) is 35.5 Å². The van der Waals surface area contributed by atoms with E-state index in [4.69, 9.17) is 15.3 Å². The number of carboxylic acid groups (broad SMARTS) is 3. The van der Waals surface area contributed by atoms with Crippen LogP contribution in [0.1, 0.15) is 47.8 Å². The molecule has 4 rings (SSSR count). The monoisotopic (exact) mass is 603 g/mol. The zero-order chi connectivity index (χ0) is 32.0. The van der Waals surface area contributed by atoms with E-state index < -0.39 is 17.9 Å². The fraction of sp³-hybridized carbons (Fsp3) is 0.250. The van der Waals surface area contributed by atoms with Crippen molar-refractivity contribution in [3.8, 4) is 35.5 Å². The molecule has 1 heterocycles. The van der Waals surface area contributed by atoms with Crippen LogP contribution in [0.25, 0.3) is 0 Å². The number of hydrogen-bond donors (Lipinski definition) is 3. The molecule has 9 heteroatoms. The van der Waals surface area contributed by atoms with Crippen molar-refractivity contribution in [1.82, 2.24) is 14.7 Å². The highest BCUT2D eigenvalue weighted by atomic mass is 16.4. The molecule has 1 saturated heterocycles. The predicted molar refractivity (Wildman–Crippen MR) is 170 cm³/mol. The van der Waals surface area contributed by atoms with Crippen molar-refractivity contribution < 1.29 is 29.7 Å². The minimum atomic E-state index is -0.970. The van der Waals surface area contributed by atoms with Crippen LogP contribution in [0.15, 0.2) is 72.8 Å². The molecule has 0 amide bonds. The fourth-order valence-corrected chi connectivity index (χ4v) is 4.51. The SMILES string of the molecule is O=C(O)c1ccc(C#CCN2CCN(CC#Cc3ccc(C(=O)O)cc3)CCN(CC#Cc3ccc(C(=O)O)cc3)CC2)cc1. The Bertz CT molecular complexity index is 1470. The van der Waals surface area contributed by atoms with Gasteiger partial charge < -0.3 is 15.3 Å². The number of hydrogen-bond acceptors (Lipinski definition) is 6. The Morgan fingerprint density at radius 1 is 0.444 bits per heavy atom. The van der Waals surface area contributed by atoms with Crippen LogP contribution in [0.4, 0.5) is 0 Å². The van der Waals surface area contributed by atoms with Gasteiger partial charge in [0.25, 0.3) is 0 Å². The van der Waals surface area contributed by atoms with Gasteiger partial charge >= 0.3 is 17.9 Å². The first-order chi connectivity index (χ1) is 21.8. The Morgan fingerprint density at radius 2 is 0.667 bits per heavy atom. The van der Waals surface area contributed by atoms with Crippen LogP contribution in [0.5, 0.6) is 0 Å². The molecule has 9 nitrogen and oxygen atoms in total. The Labute approximate surface area is 262 Å². The van der Waals surface area contributed by atoms with Crippen molar-refractivity contribution in [2.45, 2.75) is 0 Å². The van der Waals surface area contributed by atoms with E-state index >= 15 is 0 Å². The summed E-state index contributed by atoms with van der Waals surface area (Å²) in [4.78, 5) is 40.2. The Kier molecular flexibility index (Phi) is 11.9. The average Bonchev–Trinajstić information content (AvgIpc) is 3.13. The molecular weight excluding hydrogens is 570 g/mol. The van der Waals surface area contributed by atoms with Gasteiger partial charge in [0.1, 0.15) is 0 Å². The molecule has 0 bridgehead atoms. The number of benzene rings is 3. The van der Waals surface area contributed by atoms with Crippen LogP contribution in [-0.4, -0.2) is 107 Å². The molecule has 3 aromatic rings. The van der Waals surface area contributed by atoms with Crippen molar-refractivity contribution in [3.05, 3.63) is 106 Å². The molecular formula is C36H33N3O6. The first kappa shape index (κ1) is 32.5. The standard InChI is InChI=1S/C36H33N3O6/c40-34(41)31-13-7-28(8-14-31)4-1-19-37-22-24-38(20-2-5-29-9-15-32(16-10-29)35(42)43)26-27-39(25-23-37)21-3-6-30-11-17-33(18-12-30)36(44)45/h7-18H,19-27H2,(H,40,41)(H,42,43)(H,44,45). The average molecular weight is 604 g/mol. The maximum Gasteiger partial charge on any atom is 0.335 e. The minimum Gasteiger partial charge on any atom is -0.478 e. The summed E-state index contributed by atoms with van der Waals surface area (Å²) in [5, 5.41) is 27.3. The first-order valence-corrected chi connectivity index (χ1v) is 14.4. The minimum absolute atomic E-state index is 0.224. The van der Waals surface area contributed by atoms with Crippen molar-refractivity contribution >= 4 is 17.9 Å². The normalized spacial score (nSPS) is 14.1. The van der Waals surface area contributed by atoms with Crippen molar-refractivity contribution in [2.75, 3.05) is 58.9 Å². The second kappa shape index (κ2) is 16.5. The summed E-state index contributed by atoms with van der Waals surface area (Å²) in [5.41, 5.74) is 2.94. The molecule has 0 saturated carbocycles. The third kappa shape index (κ3) is 10.7. The first-order valence-electron chi connectivity index (χ1n) is 14.4. The van der Waals surface area contributed by atoms with Gasteiger partial charge in [-0.05, 0) is 72.8 Å². The zero-order valence-corrected chi connectivity index (χ0v) is 24.7. The molecule has 1 aliphatic heterocycles. The summed E-state index contributed by atoms with van der Waals surface area (Å²) < 4.78 is 0. The molecule has 1 aliphatic rings. The molecule has 3 N–H and O–H groups in total. The van der Waals surface area contributed by atoms with E-state index in [2.05, 4.69) is 50.2 Å². The maximum atomic E-state index is 11.1. The Balaban J connectivity index is 1.42. The molecule has 45 heavy (non-hydrogen) atoms. The zero-order valence-electron chi connectivity index (χ0n) is 24.7. The van der Waals surface area contributed by atoms with Gasteiger partial charge in [0.05, 0.1) is 36.3 Å². The smallest absolute Gasteiger partial charge is 0.335 e. The molecule has 0 unspecified atom stereocenters. The second-order valence-corrected chi connectivity index (χ2v) is 10.4. The van der Waals surface area contributed by atoms with Crippen LogP contribution in [-0.2, 0) is 0 Å². The van der Waals surface area contributed by atoms with Crippen molar-refractivity contribution in [2.24, 2.45) is 0 Å². The van der Waals surface area contributed by atoms with Gasteiger partial charge in [-0.1, -0.05) is 35.5 Å². The summed E-state index contributed by atoms with van der Waals surface area (Å²) in [5.74, 6) is 16.1. The fourth-order valence-electron chi connectivity index (χ4n) is 4.51. The molecule has 0 aliphatic carbocycles. The lowest BCUT2D eigenvalue weighted by atomic mass is 10.1. The summed E-state index contributed by atoms with van der Waals surface area (Å²) in [6.07, 6.45) is 0. The van der Waals surface area contributed by atoms with Gasteiger partial charge in [-0.2, -0.15) is 0 Å². The third-order valence-corrected chi connectivity index (χ3v) is 7.20. The van der Waals surface area contributed by atoms with Gasteiger partial charge in [-0.3, -0.25) is 14.7 Å². The highest BCUT2D eigenvalue weighted by Crippen LogP contribution is 2.06. The van der Waals surface area contributed by atoms with Crippen LogP contribution < -0.4 is 0 Å². The Hall–Kier alpha value is -5.37. The molecule has 0 spiro atoms. The van der Waals surface area contributed by atoms with E-state index in [1.54, 1.807) is 72.8 Å². The molecule has 0 radical (unpaired) electrons. The lowest BCUT2D eigenvalue weighted by molar-refractivity contribution is 0.0686. The second-order valence-electron chi connectivity index (χ2n) is 10.4. The predicted octanol–water partition coefficient (Wildman–Crippen LogP) is 3.16. The quantitative estimate of drug-likeness (QED) is 0.365. The van der Waals surface area contributed by atoms with Gasteiger partial charge in [0.2, 0.25) is 0 Å². The summed E-state index contributed by atoms with van der Waals surface area (Å²) >= 11 is 0. The van der Waals surface area contributed by atoms with Crippen molar-refractivity contribution in [3.63, 3.8) is 0 Å². The third-order valence-electron chi connectivity index (χ3n) is 7.20. The molecule has 228 valence electrons. The maximum absolute atomic E-state index is 11.1. The molecule has 0 atom stereocenters. The van der Waals surface area contributed by atoms with E-state index in [0.717, 1.165) is 56.0 Å². The van der Waals surface area contributed by atoms with Crippen LogP contribution >= 0.6 is 0 Å². The van der Waals surface area contributed by atoms with Gasteiger partial charge in [-0.25, -0.2) is 14.4 Å². The molecule has 0 aromatic heterocycles. The van der Waals surface area contributed by atoms with E-state index in [1.807, 2.05) is 0 Å². The summed E-state index contributed by atoms with van der Waals surface area (Å²) in [6.45, 7) is 6.37. The topological polar surface area (TPSA) is 122 Å². The molecule has 3 aromatic carbocycles. The summed E-state index contributed by atoms with van der Waals surface area (Å²) in [6, 6.07) is 19.5. The highest BCUT2D eigenvalue weighted by molar-refractivity contribution is 5.88. The highest BCUT2D eigenvalue weighted by Gasteiger charge is 2.15. The largest absolute Gasteiger partial charge is 0.478 e. The van der Waals surface area contributed by atoms with E-state index in [9.17, 15) is 14.4 Å².